The van der Waals surface area contributed by atoms with Gasteiger partial charge in [0.25, 0.3) is 0 Å². The molecule has 7 nitrogen and oxygen atoms in total. The van der Waals surface area contributed by atoms with Gasteiger partial charge in [0, 0.05) is 35.2 Å². The Bertz CT molecular complexity index is 1230. The van der Waals surface area contributed by atoms with Crippen LogP contribution in [0, 0.1) is 0 Å². The van der Waals surface area contributed by atoms with Crippen LogP contribution in [-0.4, -0.2) is 39.0 Å². The van der Waals surface area contributed by atoms with Gasteiger partial charge in [-0.15, -0.1) is 0 Å². The number of fused-ring (bicyclic) bond motifs is 3. The first-order chi connectivity index (χ1) is 13.5. The molecule has 0 spiro atoms. The van der Waals surface area contributed by atoms with Crippen molar-refractivity contribution >= 4 is 33.7 Å². The number of nitrogens with zero attached hydrogens (tertiary/aromatic N) is 1. The van der Waals surface area contributed by atoms with E-state index in [2.05, 4.69) is 9.97 Å². The molecule has 0 aliphatic carbocycles. The van der Waals surface area contributed by atoms with Gasteiger partial charge in [0.15, 0.2) is 11.9 Å². The Kier molecular flexibility index (Phi) is 4.29. The number of hydrogen-bond donors (Lipinski definition) is 3. The highest BCUT2D eigenvalue weighted by molar-refractivity contribution is 6.14. The molecule has 7 heteroatoms. The second kappa shape index (κ2) is 6.79. The lowest BCUT2D eigenvalue weighted by Gasteiger charge is -2.12. The van der Waals surface area contributed by atoms with Crippen LogP contribution in [0.4, 0.5) is 0 Å². The highest BCUT2D eigenvalue weighted by atomic mass is 16.5. The number of methoxy groups -OCH3 is 1. The number of carbonyl (C=O) groups is 2. The monoisotopic (exact) mass is 376 g/mol. The molecule has 2 heterocycles. The molecule has 0 saturated carbocycles. The van der Waals surface area contributed by atoms with Gasteiger partial charge in [-0.25, -0.2) is 9.78 Å². The van der Waals surface area contributed by atoms with Crippen molar-refractivity contribution in [2.24, 2.45) is 0 Å². The molecule has 4 aromatic rings. The fourth-order valence-corrected chi connectivity index (χ4v) is 3.29. The normalized spacial score (nSPS) is 12.3. The Hall–Kier alpha value is -3.71. The summed E-state index contributed by atoms with van der Waals surface area (Å²) < 4.78 is 4.91. The Balaban J connectivity index is 1.75. The maximum Gasteiger partial charge on any atom is 0.337 e. The number of carboxylic acids is 1. The van der Waals surface area contributed by atoms with E-state index in [0.717, 1.165) is 16.3 Å². The molecule has 1 atom stereocenters. The van der Waals surface area contributed by atoms with Crippen molar-refractivity contribution in [2.45, 2.75) is 6.10 Å². The summed E-state index contributed by atoms with van der Waals surface area (Å²) in [5.41, 5.74) is 2.21. The van der Waals surface area contributed by atoms with E-state index in [-0.39, 0.29) is 16.9 Å². The minimum absolute atomic E-state index is 0.0602. The average Bonchev–Trinajstić information content (AvgIpc) is 3.06. The lowest BCUT2D eigenvalue weighted by Crippen LogP contribution is -2.13. The Morgan fingerprint density at radius 2 is 1.89 bits per heavy atom. The van der Waals surface area contributed by atoms with Crippen LogP contribution in [0.5, 0.6) is 5.75 Å². The smallest absolute Gasteiger partial charge is 0.337 e. The summed E-state index contributed by atoms with van der Waals surface area (Å²) in [6.45, 7) is 0. The molecule has 0 radical (unpaired) electrons. The van der Waals surface area contributed by atoms with Crippen LogP contribution in [0.1, 0.15) is 27.6 Å². The third-order valence-electron chi connectivity index (χ3n) is 4.65. The SMILES string of the molecule is COC(C(=O)O)c1ccc(C(=O)c2cnc3[nH]c4ccccc4c3c2)c(O)c1. The van der Waals surface area contributed by atoms with Gasteiger partial charge in [-0.1, -0.05) is 24.3 Å². The number of pyridine rings is 1. The number of nitrogens with one attached hydrogen (secondary N) is 1. The number of H-pyrrole nitrogens is 1. The maximum atomic E-state index is 12.9. The highest BCUT2D eigenvalue weighted by Gasteiger charge is 2.22. The lowest BCUT2D eigenvalue weighted by atomic mass is 9.99. The summed E-state index contributed by atoms with van der Waals surface area (Å²) in [7, 11) is 1.26. The predicted molar refractivity (Wildman–Crippen MR) is 103 cm³/mol. The van der Waals surface area contributed by atoms with E-state index in [1.54, 1.807) is 6.07 Å². The summed E-state index contributed by atoms with van der Waals surface area (Å²) in [5.74, 6) is -1.91. The molecule has 0 bridgehead atoms. The zero-order chi connectivity index (χ0) is 19.8. The van der Waals surface area contributed by atoms with E-state index in [1.807, 2.05) is 24.3 Å². The van der Waals surface area contributed by atoms with Crippen molar-refractivity contribution in [1.29, 1.82) is 0 Å². The number of carbonyl (C=O) groups excluding carboxylic acids is 1. The molecule has 0 amide bonds. The summed E-state index contributed by atoms with van der Waals surface area (Å²) in [5, 5.41) is 21.2. The zero-order valence-electron chi connectivity index (χ0n) is 14.8. The molecule has 3 N–H and O–H groups in total. The van der Waals surface area contributed by atoms with Gasteiger partial charge >= 0.3 is 5.97 Å². The van der Waals surface area contributed by atoms with E-state index < -0.39 is 17.9 Å². The zero-order valence-corrected chi connectivity index (χ0v) is 14.8. The van der Waals surface area contributed by atoms with E-state index in [1.165, 1.54) is 31.5 Å². The van der Waals surface area contributed by atoms with E-state index in [0.29, 0.717) is 11.2 Å². The first-order valence-corrected chi connectivity index (χ1v) is 8.49. The number of para-hydroxylation sites is 1. The van der Waals surface area contributed by atoms with Gasteiger partial charge < -0.3 is 19.9 Å². The standard InChI is InChI=1S/C21H16N2O5/c1-28-19(21(26)27)11-6-7-14(17(24)9-11)18(25)12-8-15-13-4-2-3-5-16(13)23-20(15)22-10-12/h2-10,19,24H,1H3,(H,22,23)(H,26,27). The number of phenols is 1. The molecule has 0 fully saturated rings. The number of aromatic nitrogens is 2. The van der Waals surface area contributed by atoms with Crippen molar-refractivity contribution in [3.63, 3.8) is 0 Å². The molecule has 0 saturated heterocycles. The van der Waals surface area contributed by atoms with Gasteiger partial charge in [-0.2, -0.15) is 0 Å². The maximum absolute atomic E-state index is 12.9. The van der Waals surface area contributed by atoms with E-state index in [9.17, 15) is 14.7 Å². The fraction of sp³-hybridized carbons (Fsp3) is 0.0952. The second-order valence-corrected chi connectivity index (χ2v) is 6.35. The van der Waals surface area contributed by atoms with Gasteiger partial charge in [0.05, 0.1) is 5.56 Å². The molecular weight excluding hydrogens is 360 g/mol. The van der Waals surface area contributed by atoms with Crippen molar-refractivity contribution in [3.05, 3.63) is 71.4 Å². The van der Waals surface area contributed by atoms with Crippen LogP contribution in [-0.2, 0) is 9.53 Å². The number of benzene rings is 2. The van der Waals surface area contributed by atoms with Gasteiger partial charge in [0.2, 0.25) is 0 Å². The van der Waals surface area contributed by atoms with Crippen LogP contribution in [0.25, 0.3) is 21.9 Å². The van der Waals surface area contributed by atoms with Crippen LogP contribution in [0.15, 0.2) is 54.7 Å². The van der Waals surface area contributed by atoms with Gasteiger partial charge in [0.1, 0.15) is 11.4 Å². The second-order valence-electron chi connectivity index (χ2n) is 6.35. The van der Waals surface area contributed by atoms with Crippen molar-refractivity contribution in [2.75, 3.05) is 7.11 Å². The van der Waals surface area contributed by atoms with Gasteiger partial charge in [-0.3, -0.25) is 4.79 Å². The predicted octanol–water partition coefficient (Wildman–Crippen LogP) is 3.42. The number of aromatic hydroxyl groups is 1. The molecule has 1 unspecified atom stereocenters. The van der Waals surface area contributed by atoms with Crippen LogP contribution >= 0.6 is 0 Å². The minimum Gasteiger partial charge on any atom is -0.507 e. The third-order valence-corrected chi connectivity index (χ3v) is 4.65. The minimum atomic E-state index is -1.22. The van der Waals surface area contributed by atoms with E-state index >= 15 is 0 Å². The molecule has 2 aromatic carbocycles. The van der Waals surface area contributed by atoms with E-state index in [4.69, 9.17) is 9.84 Å². The van der Waals surface area contributed by atoms with Crippen molar-refractivity contribution in [3.8, 4) is 5.75 Å². The number of phenolic OH excluding ortho intramolecular Hbond substituents is 1. The Morgan fingerprint density at radius 3 is 2.61 bits per heavy atom. The summed E-state index contributed by atoms with van der Waals surface area (Å²) in [6.07, 6.45) is 0.224. The van der Waals surface area contributed by atoms with Crippen LogP contribution < -0.4 is 0 Å². The first-order valence-electron chi connectivity index (χ1n) is 8.49. The molecule has 28 heavy (non-hydrogen) atoms. The number of ether oxygens (including phenoxy) is 1. The van der Waals surface area contributed by atoms with Gasteiger partial charge in [-0.05, 0) is 29.8 Å². The summed E-state index contributed by atoms with van der Waals surface area (Å²) in [4.78, 5) is 31.6. The number of aliphatic carboxylic acids is 1. The number of rotatable bonds is 5. The summed E-state index contributed by atoms with van der Waals surface area (Å²) >= 11 is 0. The fourth-order valence-electron chi connectivity index (χ4n) is 3.29. The Morgan fingerprint density at radius 1 is 1.11 bits per heavy atom. The van der Waals surface area contributed by atoms with Crippen LogP contribution in [0.2, 0.25) is 0 Å². The first kappa shape index (κ1) is 17.7. The molecule has 0 aliphatic heterocycles. The average molecular weight is 376 g/mol. The molecule has 0 aliphatic rings. The number of carboxylic acid groups (broad SMARTS) is 1. The third kappa shape index (κ3) is 2.87. The van der Waals surface area contributed by atoms with Crippen molar-refractivity contribution < 1.29 is 24.5 Å². The van der Waals surface area contributed by atoms with Crippen LogP contribution in [0.3, 0.4) is 0 Å². The largest absolute Gasteiger partial charge is 0.507 e. The molecule has 140 valence electrons. The molecule has 2 aromatic heterocycles. The highest BCUT2D eigenvalue weighted by Crippen LogP contribution is 2.29. The quantitative estimate of drug-likeness (QED) is 0.460. The topological polar surface area (TPSA) is 113 Å². The molecule has 4 rings (SSSR count). The number of aromatic amines is 1. The molecular formula is C21H16N2O5. The van der Waals surface area contributed by atoms with Crippen molar-refractivity contribution in [1.82, 2.24) is 9.97 Å². The Labute approximate surface area is 159 Å². The summed E-state index contributed by atoms with van der Waals surface area (Å²) in [6, 6.07) is 13.5. The number of ketones is 1. The number of hydrogen-bond acceptors (Lipinski definition) is 5. The lowest BCUT2D eigenvalue weighted by molar-refractivity contribution is -0.148.